The van der Waals surface area contributed by atoms with Gasteiger partial charge in [0, 0.05) is 5.56 Å². The van der Waals surface area contributed by atoms with Crippen molar-refractivity contribution in [2.45, 2.75) is 0 Å². The summed E-state index contributed by atoms with van der Waals surface area (Å²) in [5, 5.41) is 4.24. The molecular formula is C15H13N5O. The van der Waals surface area contributed by atoms with Crippen LogP contribution in [-0.2, 0) is 0 Å². The summed E-state index contributed by atoms with van der Waals surface area (Å²) in [6.07, 6.45) is 0. The van der Waals surface area contributed by atoms with Gasteiger partial charge in [-0.05, 0) is 12.1 Å². The van der Waals surface area contributed by atoms with Crippen molar-refractivity contribution in [2.24, 2.45) is 5.84 Å². The molecule has 0 saturated carbocycles. The van der Waals surface area contributed by atoms with Crippen molar-refractivity contribution in [3.8, 4) is 17.1 Å². The molecule has 2 aromatic carbocycles. The zero-order valence-corrected chi connectivity index (χ0v) is 11.1. The van der Waals surface area contributed by atoms with E-state index in [1.807, 2.05) is 66.1 Å². The highest BCUT2D eigenvalue weighted by atomic mass is 16.2. The summed E-state index contributed by atoms with van der Waals surface area (Å²) < 4.78 is 1.62. The molecular weight excluding hydrogens is 266 g/mol. The first-order valence-corrected chi connectivity index (χ1v) is 6.38. The number of nitrogens with one attached hydrogen (secondary N) is 1. The van der Waals surface area contributed by atoms with E-state index >= 15 is 0 Å². The van der Waals surface area contributed by atoms with Gasteiger partial charge in [-0.1, -0.05) is 48.5 Å². The largest absolute Gasteiger partial charge is 0.304 e. The van der Waals surface area contributed by atoms with Crippen molar-refractivity contribution in [1.82, 2.24) is 20.2 Å². The number of rotatable bonds is 3. The van der Waals surface area contributed by atoms with Gasteiger partial charge in [-0.2, -0.15) is 0 Å². The minimum Gasteiger partial charge on any atom is -0.287 e. The smallest absolute Gasteiger partial charge is 0.287 e. The number of benzene rings is 2. The van der Waals surface area contributed by atoms with E-state index in [-0.39, 0.29) is 5.82 Å². The summed E-state index contributed by atoms with van der Waals surface area (Å²) in [6.45, 7) is 0. The Hall–Kier alpha value is -2.99. The fraction of sp³-hybridized carbons (Fsp3) is 0. The van der Waals surface area contributed by atoms with E-state index < -0.39 is 5.91 Å². The third-order valence-corrected chi connectivity index (χ3v) is 2.97. The molecule has 6 heteroatoms. The average molecular weight is 279 g/mol. The molecule has 6 nitrogen and oxygen atoms in total. The van der Waals surface area contributed by atoms with Gasteiger partial charge in [0.25, 0.3) is 0 Å². The van der Waals surface area contributed by atoms with Crippen molar-refractivity contribution >= 4 is 5.91 Å². The number of aromatic nitrogens is 3. The summed E-state index contributed by atoms with van der Waals surface area (Å²) in [5.74, 6) is 5.24. The van der Waals surface area contributed by atoms with E-state index in [0.717, 1.165) is 11.3 Å². The first kappa shape index (κ1) is 13.0. The topological polar surface area (TPSA) is 85.8 Å². The Kier molecular flexibility index (Phi) is 3.44. The molecule has 104 valence electrons. The van der Waals surface area contributed by atoms with Gasteiger partial charge in [0.1, 0.15) is 0 Å². The summed E-state index contributed by atoms with van der Waals surface area (Å²) in [6, 6.07) is 19.0. The predicted molar refractivity (Wildman–Crippen MR) is 78.4 cm³/mol. The molecule has 0 unspecified atom stereocenters. The maximum absolute atomic E-state index is 11.7. The van der Waals surface area contributed by atoms with Gasteiger partial charge in [0.2, 0.25) is 5.82 Å². The zero-order valence-electron chi connectivity index (χ0n) is 11.1. The molecule has 1 aromatic heterocycles. The van der Waals surface area contributed by atoms with Crippen LogP contribution in [0.25, 0.3) is 17.1 Å². The minimum atomic E-state index is -0.526. The molecule has 0 saturated heterocycles. The Morgan fingerprint density at radius 2 is 1.62 bits per heavy atom. The maximum Gasteiger partial charge on any atom is 0.304 e. The predicted octanol–water partition coefficient (Wildman–Crippen LogP) is 1.54. The van der Waals surface area contributed by atoms with E-state index in [4.69, 9.17) is 5.84 Å². The Morgan fingerprint density at radius 1 is 1.00 bits per heavy atom. The minimum absolute atomic E-state index is 0.0280. The number of nitrogen functional groups attached to an aromatic ring is 1. The molecule has 0 aliphatic heterocycles. The number of nitrogens with zero attached hydrogens (tertiary/aromatic N) is 3. The molecule has 0 bridgehead atoms. The van der Waals surface area contributed by atoms with Gasteiger partial charge in [-0.3, -0.25) is 10.2 Å². The second kappa shape index (κ2) is 5.56. The fourth-order valence-electron chi connectivity index (χ4n) is 2.00. The van der Waals surface area contributed by atoms with Crippen LogP contribution in [0.1, 0.15) is 10.6 Å². The molecule has 21 heavy (non-hydrogen) atoms. The number of amides is 1. The molecule has 3 aromatic rings. The Labute approximate surface area is 121 Å². The fourth-order valence-corrected chi connectivity index (χ4v) is 2.00. The van der Waals surface area contributed by atoms with Crippen LogP contribution in [0, 0.1) is 0 Å². The third kappa shape index (κ3) is 2.52. The molecule has 0 aliphatic rings. The average Bonchev–Trinajstić information content (AvgIpc) is 3.01. The zero-order chi connectivity index (χ0) is 14.7. The lowest BCUT2D eigenvalue weighted by Gasteiger charge is -2.05. The van der Waals surface area contributed by atoms with E-state index in [1.54, 1.807) is 4.68 Å². The molecule has 0 fully saturated rings. The number of hydrogen-bond donors (Lipinski definition) is 2. The summed E-state index contributed by atoms with van der Waals surface area (Å²) in [5.41, 5.74) is 3.73. The first-order valence-electron chi connectivity index (χ1n) is 6.38. The van der Waals surface area contributed by atoms with Crippen molar-refractivity contribution < 1.29 is 4.79 Å². The SMILES string of the molecule is NNC(=O)c1nc(-c2ccccc2)n(-c2ccccc2)n1. The number of nitrogens with two attached hydrogens (primary N) is 1. The Bertz CT molecular complexity index is 695. The Morgan fingerprint density at radius 3 is 2.24 bits per heavy atom. The molecule has 0 aliphatic carbocycles. The first-order chi connectivity index (χ1) is 10.3. The highest BCUT2D eigenvalue weighted by Gasteiger charge is 2.17. The molecule has 0 atom stereocenters. The maximum atomic E-state index is 11.7. The van der Waals surface area contributed by atoms with Crippen LogP contribution in [0.3, 0.4) is 0 Å². The molecule has 3 rings (SSSR count). The highest BCUT2D eigenvalue weighted by Crippen LogP contribution is 2.20. The summed E-state index contributed by atoms with van der Waals surface area (Å²) >= 11 is 0. The lowest BCUT2D eigenvalue weighted by atomic mass is 10.2. The van der Waals surface area contributed by atoms with Crippen LogP contribution in [0.5, 0.6) is 0 Å². The van der Waals surface area contributed by atoms with E-state index in [1.165, 1.54) is 0 Å². The van der Waals surface area contributed by atoms with Gasteiger partial charge in [0.15, 0.2) is 5.82 Å². The van der Waals surface area contributed by atoms with Crippen LogP contribution in [-0.4, -0.2) is 20.7 Å². The number of para-hydroxylation sites is 1. The number of carbonyl (C=O) groups excluding carboxylic acids is 1. The van der Waals surface area contributed by atoms with Crippen LogP contribution in [0.2, 0.25) is 0 Å². The van der Waals surface area contributed by atoms with Crippen LogP contribution in [0.4, 0.5) is 0 Å². The standard InChI is InChI=1S/C15H13N5O/c16-18-15(21)13-17-14(11-7-3-1-4-8-11)20(19-13)12-9-5-2-6-10-12/h1-10H,16H2,(H,18,21). The van der Waals surface area contributed by atoms with Crippen molar-refractivity contribution in [2.75, 3.05) is 0 Å². The molecule has 0 spiro atoms. The van der Waals surface area contributed by atoms with Crippen LogP contribution in [0.15, 0.2) is 60.7 Å². The van der Waals surface area contributed by atoms with Gasteiger partial charge in [0.05, 0.1) is 5.69 Å². The van der Waals surface area contributed by atoms with Gasteiger partial charge in [-0.25, -0.2) is 15.5 Å². The quantitative estimate of drug-likeness (QED) is 0.432. The monoisotopic (exact) mass is 279 g/mol. The van der Waals surface area contributed by atoms with E-state index in [2.05, 4.69) is 10.1 Å². The van der Waals surface area contributed by atoms with Gasteiger partial charge in [-0.15, -0.1) is 5.10 Å². The lowest BCUT2D eigenvalue weighted by Crippen LogP contribution is -2.31. The van der Waals surface area contributed by atoms with E-state index in [0.29, 0.717) is 5.82 Å². The van der Waals surface area contributed by atoms with Crippen molar-refractivity contribution in [3.63, 3.8) is 0 Å². The van der Waals surface area contributed by atoms with Gasteiger partial charge < -0.3 is 0 Å². The summed E-state index contributed by atoms with van der Waals surface area (Å²) in [7, 11) is 0. The van der Waals surface area contributed by atoms with Crippen LogP contribution >= 0.6 is 0 Å². The second-order valence-electron chi connectivity index (χ2n) is 4.35. The molecule has 0 radical (unpaired) electrons. The Balaban J connectivity index is 2.18. The molecule has 3 N–H and O–H groups in total. The normalized spacial score (nSPS) is 10.3. The number of hydrazine groups is 1. The van der Waals surface area contributed by atoms with Crippen molar-refractivity contribution in [3.05, 3.63) is 66.5 Å². The van der Waals surface area contributed by atoms with Crippen LogP contribution < -0.4 is 11.3 Å². The lowest BCUT2D eigenvalue weighted by molar-refractivity contribution is 0.0943. The molecule has 1 amide bonds. The third-order valence-electron chi connectivity index (χ3n) is 2.97. The summed E-state index contributed by atoms with van der Waals surface area (Å²) in [4.78, 5) is 16.0. The van der Waals surface area contributed by atoms with Crippen molar-refractivity contribution in [1.29, 1.82) is 0 Å². The number of carbonyl (C=O) groups is 1. The molecule has 1 heterocycles. The number of hydrogen-bond acceptors (Lipinski definition) is 4. The highest BCUT2D eigenvalue weighted by molar-refractivity contribution is 5.90. The van der Waals surface area contributed by atoms with Gasteiger partial charge >= 0.3 is 5.91 Å². The van der Waals surface area contributed by atoms with E-state index in [9.17, 15) is 4.79 Å². The second-order valence-corrected chi connectivity index (χ2v) is 4.35.